The van der Waals surface area contributed by atoms with Crippen molar-refractivity contribution in [3.05, 3.63) is 24.0 Å². The van der Waals surface area contributed by atoms with Gasteiger partial charge in [0.25, 0.3) is 0 Å². The molecule has 0 radical (unpaired) electrons. The van der Waals surface area contributed by atoms with Crippen molar-refractivity contribution in [3.63, 3.8) is 0 Å². The second kappa shape index (κ2) is 4.56. The molecule has 0 bridgehead atoms. The van der Waals surface area contributed by atoms with Gasteiger partial charge in [0.05, 0.1) is 11.0 Å². The second-order valence-corrected chi connectivity index (χ2v) is 4.66. The van der Waals surface area contributed by atoms with Gasteiger partial charge < -0.3 is 10.3 Å². The SMILES string of the molecule is Cc1nc2ccc(NCCC(C)C)cc2[nH]1. The zero-order valence-corrected chi connectivity index (χ0v) is 10.2. The van der Waals surface area contributed by atoms with Crippen LogP contribution in [0.15, 0.2) is 18.2 Å². The average molecular weight is 217 g/mol. The molecule has 16 heavy (non-hydrogen) atoms. The predicted octanol–water partition coefficient (Wildman–Crippen LogP) is 3.33. The fourth-order valence-electron chi connectivity index (χ4n) is 1.75. The van der Waals surface area contributed by atoms with Crippen LogP contribution in [-0.2, 0) is 0 Å². The van der Waals surface area contributed by atoms with Gasteiger partial charge in [-0.25, -0.2) is 4.98 Å². The number of hydrogen-bond acceptors (Lipinski definition) is 2. The predicted molar refractivity (Wildman–Crippen MR) is 68.8 cm³/mol. The van der Waals surface area contributed by atoms with E-state index in [1.807, 2.05) is 6.92 Å². The van der Waals surface area contributed by atoms with Gasteiger partial charge in [-0.3, -0.25) is 0 Å². The maximum Gasteiger partial charge on any atom is 0.104 e. The largest absolute Gasteiger partial charge is 0.385 e. The number of aromatic nitrogens is 2. The van der Waals surface area contributed by atoms with Gasteiger partial charge in [0.1, 0.15) is 5.82 Å². The first-order valence-electron chi connectivity index (χ1n) is 5.85. The summed E-state index contributed by atoms with van der Waals surface area (Å²) in [6, 6.07) is 6.26. The number of anilines is 1. The summed E-state index contributed by atoms with van der Waals surface area (Å²) in [5.41, 5.74) is 3.30. The summed E-state index contributed by atoms with van der Waals surface area (Å²) in [7, 11) is 0. The van der Waals surface area contributed by atoms with E-state index in [-0.39, 0.29) is 0 Å². The monoisotopic (exact) mass is 217 g/mol. The summed E-state index contributed by atoms with van der Waals surface area (Å²) in [6.07, 6.45) is 1.19. The van der Waals surface area contributed by atoms with Crippen molar-refractivity contribution in [1.82, 2.24) is 9.97 Å². The fraction of sp³-hybridized carbons (Fsp3) is 0.462. The number of imidazole rings is 1. The van der Waals surface area contributed by atoms with Gasteiger partial charge in [-0.1, -0.05) is 13.8 Å². The third-order valence-corrected chi connectivity index (χ3v) is 2.65. The molecular weight excluding hydrogens is 198 g/mol. The highest BCUT2D eigenvalue weighted by Gasteiger charge is 2.00. The molecule has 0 unspecified atom stereocenters. The van der Waals surface area contributed by atoms with Crippen molar-refractivity contribution >= 4 is 16.7 Å². The van der Waals surface area contributed by atoms with Crippen molar-refractivity contribution in [1.29, 1.82) is 0 Å². The van der Waals surface area contributed by atoms with Crippen LogP contribution < -0.4 is 5.32 Å². The number of H-pyrrole nitrogens is 1. The third-order valence-electron chi connectivity index (χ3n) is 2.65. The van der Waals surface area contributed by atoms with E-state index in [4.69, 9.17) is 0 Å². The molecule has 3 heteroatoms. The molecule has 0 atom stereocenters. The number of hydrogen-bond donors (Lipinski definition) is 2. The van der Waals surface area contributed by atoms with Crippen molar-refractivity contribution < 1.29 is 0 Å². The van der Waals surface area contributed by atoms with Gasteiger partial charge in [0.15, 0.2) is 0 Å². The number of nitrogens with one attached hydrogen (secondary N) is 2. The molecule has 0 aliphatic heterocycles. The van der Waals surface area contributed by atoms with Crippen molar-refractivity contribution in [2.75, 3.05) is 11.9 Å². The normalized spacial score (nSPS) is 11.2. The van der Waals surface area contributed by atoms with Gasteiger partial charge in [0.2, 0.25) is 0 Å². The van der Waals surface area contributed by atoms with Gasteiger partial charge in [-0.15, -0.1) is 0 Å². The lowest BCUT2D eigenvalue weighted by Crippen LogP contribution is -2.04. The lowest BCUT2D eigenvalue weighted by molar-refractivity contribution is 0.607. The highest BCUT2D eigenvalue weighted by molar-refractivity contribution is 5.79. The second-order valence-electron chi connectivity index (χ2n) is 4.66. The first kappa shape index (κ1) is 11.0. The number of aromatic amines is 1. The Labute approximate surface area is 96.3 Å². The molecule has 0 saturated carbocycles. The molecule has 0 spiro atoms. The van der Waals surface area contributed by atoms with Crippen molar-refractivity contribution in [3.8, 4) is 0 Å². The van der Waals surface area contributed by atoms with E-state index < -0.39 is 0 Å². The number of nitrogens with zero attached hydrogens (tertiary/aromatic N) is 1. The molecule has 1 aromatic heterocycles. The maximum atomic E-state index is 4.38. The van der Waals surface area contributed by atoms with Crippen molar-refractivity contribution in [2.24, 2.45) is 5.92 Å². The highest BCUT2D eigenvalue weighted by atomic mass is 14.9. The number of aryl methyl sites for hydroxylation is 1. The van der Waals surface area contributed by atoms with Crippen LogP contribution in [0.4, 0.5) is 5.69 Å². The summed E-state index contributed by atoms with van der Waals surface area (Å²) in [5.74, 6) is 1.71. The van der Waals surface area contributed by atoms with Crippen molar-refractivity contribution in [2.45, 2.75) is 27.2 Å². The Bertz CT molecular complexity index is 471. The molecule has 2 N–H and O–H groups in total. The summed E-state index contributed by atoms with van der Waals surface area (Å²) in [6.45, 7) is 7.48. The van der Waals surface area contributed by atoms with Crippen LogP contribution in [0.3, 0.4) is 0 Å². The summed E-state index contributed by atoms with van der Waals surface area (Å²) >= 11 is 0. The van der Waals surface area contributed by atoms with Crippen LogP contribution in [0.2, 0.25) is 0 Å². The maximum absolute atomic E-state index is 4.38. The number of fused-ring (bicyclic) bond motifs is 1. The molecule has 1 aromatic carbocycles. The van der Waals surface area contributed by atoms with Crippen LogP contribution in [0.1, 0.15) is 26.1 Å². The first-order chi connectivity index (χ1) is 7.65. The molecule has 2 aromatic rings. The van der Waals surface area contributed by atoms with Crippen LogP contribution in [0, 0.1) is 12.8 Å². The summed E-state index contributed by atoms with van der Waals surface area (Å²) in [5, 5.41) is 3.43. The van der Waals surface area contributed by atoms with Crippen LogP contribution >= 0.6 is 0 Å². The molecule has 0 aliphatic carbocycles. The van der Waals surface area contributed by atoms with E-state index in [9.17, 15) is 0 Å². The Morgan fingerprint density at radius 3 is 2.94 bits per heavy atom. The molecule has 86 valence electrons. The highest BCUT2D eigenvalue weighted by Crippen LogP contribution is 2.17. The van der Waals surface area contributed by atoms with Crippen LogP contribution in [-0.4, -0.2) is 16.5 Å². The minimum Gasteiger partial charge on any atom is -0.385 e. The molecule has 0 saturated heterocycles. The van der Waals surface area contributed by atoms with E-state index in [0.29, 0.717) is 0 Å². The van der Waals surface area contributed by atoms with Gasteiger partial charge in [-0.2, -0.15) is 0 Å². The quantitative estimate of drug-likeness (QED) is 0.824. The molecule has 2 rings (SSSR count). The molecule has 1 heterocycles. The Kier molecular flexibility index (Phi) is 3.13. The lowest BCUT2D eigenvalue weighted by atomic mass is 10.1. The molecular formula is C13H19N3. The third kappa shape index (κ3) is 2.54. The lowest BCUT2D eigenvalue weighted by Gasteiger charge is -2.07. The topological polar surface area (TPSA) is 40.7 Å². The minimum absolute atomic E-state index is 0.741. The summed E-state index contributed by atoms with van der Waals surface area (Å²) < 4.78 is 0. The Morgan fingerprint density at radius 1 is 1.38 bits per heavy atom. The Morgan fingerprint density at radius 2 is 2.19 bits per heavy atom. The zero-order chi connectivity index (χ0) is 11.5. The fourth-order valence-corrected chi connectivity index (χ4v) is 1.75. The number of benzene rings is 1. The van der Waals surface area contributed by atoms with E-state index in [1.54, 1.807) is 0 Å². The first-order valence-corrected chi connectivity index (χ1v) is 5.85. The smallest absolute Gasteiger partial charge is 0.104 e. The zero-order valence-electron chi connectivity index (χ0n) is 10.2. The standard InChI is InChI=1S/C13H19N3/c1-9(2)6-7-14-11-4-5-12-13(8-11)16-10(3)15-12/h4-5,8-9,14H,6-7H2,1-3H3,(H,15,16). The van der Waals surface area contributed by atoms with Crippen LogP contribution in [0.5, 0.6) is 0 Å². The van der Waals surface area contributed by atoms with E-state index in [0.717, 1.165) is 35.0 Å². The Hall–Kier alpha value is -1.51. The molecule has 3 nitrogen and oxygen atoms in total. The Balaban J connectivity index is 2.07. The van der Waals surface area contributed by atoms with Gasteiger partial charge in [-0.05, 0) is 37.5 Å². The minimum atomic E-state index is 0.741. The van der Waals surface area contributed by atoms with Gasteiger partial charge >= 0.3 is 0 Å². The average Bonchev–Trinajstić information content (AvgIpc) is 2.56. The van der Waals surface area contributed by atoms with Gasteiger partial charge in [0, 0.05) is 12.2 Å². The molecule has 0 amide bonds. The molecule has 0 fully saturated rings. The van der Waals surface area contributed by atoms with E-state index >= 15 is 0 Å². The number of rotatable bonds is 4. The summed E-state index contributed by atoms with van der Waals surface area (Å²) in [4.78, 5) is 7.63. The van der Waals surface area contributed by atoms with E-state index in [1.165, 1.54) is 6.42 Å². The molecule has 0 aliphatic rings. The van der Waals surface area contributed by atoms with E-state index in [2.05, 4.69) is 47.3 Å². The van der Waals surface area contributed by atoms with Crippen LogP contribution in [0.25, 0.3) is 11.0 Å².